The highest BCUT2D eigenvalue weighted by Gasteiger charge is 2.13. The SMILES string of the molecule is CCCNc1cc(C(C)C)nc2c(OC)ccc(C)c12. The number of anilines is 1. The summed E-state index contributed by atoms with van der Waals surface area (Å²) in [6, 6.07) is 6.27. The number of aromatic nitrogens is 1. The summed E-state index contributed by atoms with van der Waals surface area (Å²) in [5.74, 6) is 1.24. The quantitative estimate of drug-likeness (QED) is 0.870. The molecule has 0 aliphatic carbocycles. The van der Waals surface area contributed by atoms with Crippen LogP contribution < -0.4 is 10.1 Å². The summed E-state index contributed by atoms with van der Waals surface area (Å²) in [5, 5.41) is 4.70. The van der Waals surface area contributed by atoms with Gasteiger partial charge in [-0.05, 0) is 37.0 Å². The second kappa shape index (κ2) is 6.12. The van der Waals surface area contributed by atoms with Crippen LogP contribution in [-0.2, 0) is 0 Å². The van der Waals surface area contributed by atoms with Crippen LogP contribution in [0.15, 0.2) is 18.2 Å². The van der Waals surface area contributed by atoms with Gasteiger partial charge < -0.3 is 10.1 Å². The molecule has 108 valence electrons. The molecule has 0 atom stereocenters. The van der Waals surface area contributed by atoms with Gasteiger partial charge in [0.15, 0.2) is 0 Å². The molecule has 0 fully saturated rings. The van der Waals surface area contributed by atoms with Crippen LogP contribution >= 0.6 is 0 Å². The Morgan fingerprint density at radius 2 is 2.05 bits per heavy atom. The minimum atomic E-state index is 0.395. The lowest BCUT2D eigenvalue weighted by molar-refractivity contribution is 0.418. The molecule has 0 saturated heterocycles. The first kappa shape index (κ1) is 14.6. The number of methoxy groups -OCH3 is 1. The van der Waals surface area contributed by atoms with Gasteiger partial charge in [0.2, 0.25) is 0 Å². The number of ether oxygens (including phenoxy) is 1. The lowest BCUT2D eigenvalue weighted by Gasteiger charge is -2.16. The zero-order valence-electron chi connectivity index (χ0n) is 13.1. The third-order valence-corrected chi connectivity index (χ3v) is 3.53. The molecule has 0 unspecified atom stereocenters. The molecule has 0 amide bonds. The highest BCUT2D eigenvalue weighted by Crippen LogP contribution is 2.34. The molecule has 0 bridgehead atoms. The molecule has 0 radical (unpaired) electrons. The Labute approximate surface area is 121 Å². The molecule has 3 heteroatoms. The Morgan fingerprint density at radius 3 is 2.65 bits per heavy atom. The zero-order valence-corrected chi connectivity index (χ0v) is 13.1. The van der Waals surface area contributed by atoms with E-state index in [2.05, 4.69) is 45.1 Å². The van der Waals surface area contributed by atoms with E-state index in [1.807, 2.05) is 6.07 Å². The average molecular weight is 272 g/mol. The maximum atomic E-state index is 5.49. The number of pyridine rings is 1. The number of benzene rings is 1. The summed E-state index contributed by atoms with van der Waals surface area (Å²) in [5.41, 5.74) is 4.44. The van der Waals surface area contributed by atoms with Crippen molar-refractivity contribution in [1.82, 2.24) is 4.98 Å². The second-order valence-corrected chi connectivity index (χ2v) is 5.48. The maximum Gasteiger partial charge on any atom is 0.145 e. The largest absolute Gasteiger partial charge is 0.494 e. The van der Waals surface area contributed by atoms with Crippen LogP contribution in [0.1, 0.15) is 44.4 Å². The molecule has 0 aliphatic heterocycles. The molecule has 3 nitrogen and oxygen atoms in total. The van der Waals surface area contributed by atoms with Crippen molar-refractivity contribution < 1.29 is 4.74 Å². The molecule has 0 spiro atoms. The summed E-state index contributed by atoms with van der Waals surface area (Å²) in [6.07, 6.45) is 1.10. The molecular weight excluding hydrogens is 248 g/mol. The Hall–Kier alpha value is -1.77. The van der Waals surface area contributed by atoms with Crippen molar-refractivity contribution in [2.75, 3.05) is 19.0 Å². The topological polar surface area (TPSA) is 34.2 Å². The summed E-state index contributed by atoms with van der Waals surface area (Å²) in [4.78, 5) is 4.81. The van der Waals surface area contributed by atoms with E-state index in [-0.39, 0.29) is 0 Å². The van der Waals surface area contributed by atoms with Crippen molar-refractivity contribution in [3.05, 3.63) is 29.5 Å². The van der Waals surface area contributed by atoms with Crippen LogP contribution in [0.25, 0.3) is 10.9 Å². The van der Waals surface area contributed by atoms with E-state index in [0.717, 1.165) is 35.6 Å². The number of rotatable bonds is 5. The fourth-order valence-corrected chi connectivity index (χ4v) is 2.36. The fraction of sp³-hybridized carbons (Fsp3) is 0.471. The number of nitrogens with zero attached hydrogens (tertiary/aromatic N) is 1. The Kier molecular flexibility index (Phi) is 4.48. The van der Waals surface area contributed by atoms with E-state index in [0.29, 0.717) is 5.92 Å². The van der Waals surface area contributed by atoms with Crippen LogP contribution in [0.3, 0.4) is 0 Å². The smallest absolute Gasteiger partial charge is 0.145 e. The second-order valence-electron chi connectivity index (χ2n) is 5.48. The summed E-state index contributed by atoms with van der Waals surface area (Å²) in [7, 11) is 1.70. The Morgan fingerprint density at radius 1 is 1.30 bits per heavy atom. The molecule has 2 aromatic rings. The van der Waals surface area contributed by atoms with Crippen LogP contribution in [-0.4, -0.2) is 18.6 Å². The van der Waals surface area contributed by atoms with E-state index >= 15 is 0 Å². The van der Waals surface area contributed by atoms with Gasteiger partial charge in [-0.2, -0.15) is 0 Å². The van der Waals surface area contributed by atoms with Gasteiger partial charge >= 0.3 is 0 Å². The van der Waals surface area contributed by atoms with E-state index in [1.165, 1.54) is 10.9 Å². The van der Waals surface area contributed by atoms with Crippen LogP contribution in [0, 0.1) is 6.92 Å². The number of fused-ring (bicyclic) bond motifs is 1. The zero-order chi connectivity index (χ0) is 14.7. The lowest BCUT2D eigenvalue weighted by Crippen LogP contribution is -2.05. The summed E-state index contributed by atoms with van der Waals surface area (Å²) < 4.78 is 5.49. The molecule has 1 heterocycles. The van der Waals surface area contributed by atoms with Crippen molar-refractivity contribution in [3.8, 4) is 5.75 Å². The predicted octanol–water partition coefficient (Wildman–Crippen LogP) is 4.50. The van der Waals surface area contributed by atoms with E-state index in [1.54, 1.807) is 7.11 Å². The van der Waals surface area contributed by atoms with Gasteiger partial charge in [-0.3, -0.25) is 0 Å². The van der Waals surface area contributed by atoms with Crippen LogP contribution in [0.5, 0.6) is 5.75 Å². The predicted molar refractivity (Wildman–Crippen MR) is 85.9 cm³/mol. The van der Waals surface area contributed by atoms with Gasteiger partial charge in [-0.1, -0.05) is 26.8 Å². The average Bonchev–Trinajstić information content (AvgIpc) is 2.44. The molecule has 0 saturated carbocycles. The first-order valence-corrected chi connectivity index (χ1v) is 7.30. The normalized spacial score (nSPS) is 11.1. The monoisotopic (exact) mass is 272 g/mol. The van der Waals surface area contributed by atoms with Crippen LogP contribution in [0.4, 0.5) is 5.69 Å². The molecule has 1 aromatic carbocycles. The molecule has 1 N–H and O–H groups in total. The molecule has 0 aliphatic rings. The Bertz CT molecular complexity index is 605. The summed E-state index contributed by atoms with van der Waals surface area (Å²) in [6.45, 7) is 9.59. The number of nitrogens with one attached hydrogen (secondary N) is 1. The van der Waals surface area contributed by atoms with Crippen molar-refractivity contribution in [2.45, 2.75) is 40.0 Å². The standard InChI is InChI=1S/C17H24N2O/c1-6-9-18-14-10-13(11(2)3)19-17-15(20-5)8-7-12(4)16(14)17/h7-8,10-11H,6,9H2,1-5H3,(H,18,19). The van der Waals surface area contributed by atoms with Gasteiger partial charge in [-0.15, -0.1) is 0 Å². The lowest BCUT2D eigenvalue weighted by atomic mass is 10.0. The minimum Gasteiger partial charge on any atom is -0.494 e. The molecule has 1 aromatic heterocycles. The van der Waals surface area contributed by atoms with Gasteiger partial charge in [0.05, 0.1) is 7.11 Å². The highest BCUT2D eigenvalue weighted by atomic mass is 16.5. The van der Waals surface area contributed by atoms with E-state index < -0.39 is 0 Å². The molecular formula is C17H24N2O. The number of hydrogen-bond acceptors (Lipinski definition) is 3. The third-order valence-electron chi connectivity index (χ3n) is 3.53. The van der Waals surface area contributed by atoms with Gasteiger partial charge in [0.25, 0.3) is 0 Å². The fourth-order valence-electron chi connectivity index (χ4n) is 2.36. The van der Waals surface area contributed by atoms with Gasteiger partial charge in [-0.25, -0.2) is 4.98 Å². The highest BCUT2D eigenvalue weighted by molar-refractivity contribution is 5.97. The van der Waals surface area contributed by atoms with Crippen molar-refractivity contribution in [3.63, 3.8) is 0 Å². The van der Waals surface area contributed by atoms with E-state index in [9.17, 15) is 0 Å². The van der Waals surface area contributed by atoms with Gasteiger partial charge in [0, 0.05) is 23.3 Å². The maximum absolute atomic E-state index is 5.49. The third kappa shape index (κ3) is 2.72. The number of aryl methyl sites for hydroxylation is 1. The van der Waals surface area contributed by atoms with E-state index in [4.69, 9.17) is 9.72 Å². The van der Waals surface area contributed by atoms with Crippen molar-refractivity contribution in [1.29, 1.82) is 0 Å². The summed E-state index contributed by atoms with van der Waals surface area (Å²) >= 11 is 0. The number of hydrogen-bond donors (Lipinski definition) is 1. The van der Waals surface area contributed by atoms with Crippen LogP contribution in [0.2, 0.25) is 0 Å². The van der Waals surface area contributed by atoms with Crippen molar-refractivity contribution in [2.24, 2.45) is 0 Å². The Balaban J connectivity index is 2.72. The first-order valence-electron chi connectivity index (χ1n) is 7.30. The van der Waals surface area contributed by atoms with Gasteiger partial charge in [0.1, 0.15) is 11.3 Å². The molecule has 2 rings (SSSR count). The molecule has 20 heavy (non-hydrogen) atoms. The van der Waals surface area contributed by atoms with Crippen molar-refractivity contribution >= 4 is 16.6 Å². The first-order chi connectivity index (χ1) is 9.58. The minimum absolute atomic E-state index is 0.395.